The monoisotopic (exact) mass is 408 g/mol. The molecule has 1 aliphatic rings. The molecule has 0 spiro atoms. The summed E-state index contributed by atoms with van der Waals surface area (Å²) in [6, 6.07) is 16.9. The first-order chi connectivity index (χ1) is 14.7. The number of alkyl halides is 2. The lowest BCUT2D eigenvalue weighted by atomic mass is 10.2. The molecule has 1 fully saturated rings. The number of halogens is 2. The van der Waals surface area contributed by atoms with Crippen LogP contribution in [0.4, 0.5) is 20.5 Å². The van der Waals surface area contributed by atoms with Gasteiger partial charge in [-0.05, 0) is 34.7 Å². The van der Waals surface area contributed by atoms with E-state index in [-0.39, 0.29) is 0 Å². The maximum Gasteiger partial charge on any atom is 0.297 e. The lowest BCUT2D eigenvalue weighted by Crippen LogP contribution is -2.47. The third-order valence-electron chi connectivity index (χ3n) is 5.11. The average Bonchev–Trinajstić information content (AvgIpc) is 3.29. The van der Waals surface area contributed by atoms with E-state index in [1.165, 1.54) is 0 Å². The van der Waals surface area contributed by atoms with Crippen molar-refractivity contribution in [3.63, 3.8) is 0 Å². The van der Waals surface area contributed by atoms with Crippen molar-refractivity contribution >= 4 is 22.7 Å². The van der Waals surface area contributed by atoms with Gasteiger partial charge in [-0.25, -0.2) is 18.7 Å². The highest BCUT2D eigenvalue weighted by Crippen LogP contribution is 2.28. The SMILES string of the molecule is FC(F)c1nc(N2CCN(c3nnnn3-c3ccccc3)CC2)c2ccccc2n1. The maximum absolute atomic E-state index is 13.3. The van der Waals surface area contributed by atoms with Crippen LogP contribution in [0.1, 0.15) is 12.2 Å². The largest absolute Gasteiger partial charge is 0.352 e. The third kappa shape index (κ3) is 3.30. The Bertz CT molecular complexity index is 1160. The number of hydrogen-bond donors (Lipinski definition) is 0. The number of nitrogens with zero attached hydrogens (tertiary/aromatic N) is 8. The predicted molar refractivity (Wildman–Crippen MR) is 108 cm³/mol. The lowest BCUT2D eigenvalue weighted by molar-refractivity contribution is 0.141. The molecule has 8 nitrogen and oxygen atoms in total. The van der Waals surface area contributed by atoms with Crippen molar-refractivity contribution in [3.8, 4) is 5.69 Å². The van der Waals surface area contributed by atoms with E-state index in [1.54, 1.807) is 16.8 Å². The summed E-state index contributed by atoms with van der Waals surface area (Å²) in [7, 11) is 0. The number of anilines is 2. The van der Waals surface area contributed by atoms with Gasteiger partial charge in [-0.1, -0.05) is 35.4 Å². The van der Waals surface area contributed by atoms with E-state index >= 15 is 0 Å². The summed E-state index contributed by atoms with van der Waals surface area (Å²) in [6.45, 7) is 2.47. The molecule has 2 aromatic carbocycles. The van der Waals surface area contributed by atoms with Gasteiger partial charge in [-0.2, -0.15) is 4.68 Å². The minimum Gasteiger partial charge on any atom is -0.352 e. The first-order valence-electron chi connectivity index (χ1n) is 9.59. The zero-order valence-electron chi connectivity index (χ0n) is 15.9. The molecule has 0 bridgehead atoms. The molecule has 1 saturated heterocycles. The van der Waals surface area contributed by atoms with E-state index in [1.807, 2.05) is 47.4 Å². The third-order valence-corrected chi connectivity index (χ3v) is 5.11. The van der Waals surface area contributed by atoms with Gasteiger partial charge in [0.1, 0.15) is 5.82 Å². The molecule has 4 aromatic rings. The van der Waals surface area contributed by atoms with Crippen LogP contribution in [0.15, 0.2) is 54.6 Å². The minimum absolute atomic E-state index is 0.445. The molecule has 0 aliphatic carbocycles. The molecule has 0 unspecified atom stereocenters. The Labute approximate surface area is 170 Å². The molecule has 5 rings (SSSR count). The van der Waals surface area contributed by atoms with Crippen LogP contribution in [-0.4, -0.2) is 56.4 Å². The normalized spacial score (nSPS) is 14.6. The first-order valence-corrected chi connectivity index (χ1v) is 9.59. The van der Waals surface area contributed by atoms with Crippen LogP contribution < -0.4 is 9.80 Å². The second kappa shape index (κ2) is 7.62. The molecular weight excluding hydrogens is 390 g/mol. The second-order valence-corrected chi connectivity index (χ2v) is 6.92. The quantitative estimate of drug-likeness (QED) is 0.514. The van der Waals surface area contributed by atoms with Gasteiger partial charge in [0.25, 0.3) is 6.43 Å². The van der Waals surface area contributed by atoms with E-state index in [2.05, 4.69) is 30.4 Å². The molecule has 2 aromatic heterocycles. The fourth-order valence-corrected chi connectivity index (χ4v) is 3.65. The van der Waals surface area contributed by atoms with Crippen molar-refractivity contribution in [1.82, 2.24) is 30.2 Å². The first kappa shape index (κ1) is 18.3. The Hall–Kier alpha value is -3.69. The van der Waals surface area contributed by atoms with Gasteiger partial charge in [0.15, 0.2) is 5.82 Å². The Morgan fingerprint density at radius 3 is 2.27 bits per heavy atom. The smallest absolute Gasteiger partial charge is 0.297 e. The highest BCUT2D eigenvalue weighted by molar-refractivity contribution is 5.89. The molecule has 3 heterocycles. The molecule has 0 N–H and O–H groups in total. The minimum atomic E-state index is -2.72. The van der Waals surface area contributed by atoms with E-state index in [0.29, 0.717) is 43.5 Å². The van der Waals surface area contributed by atoms with Crippen LogP contribution in [0.5, 0.6) is 0 Å². The predicted octanol–water partition coefficient (Wildman–Crippen LogP) is 2.87. The van der Waals surface area contributed by atoms with Gasteiger partial charge in [-0.3, -0.25) is 0 Å². The van der Waals surface area contributed by atoms with Crippen LogP contribution in [0.25, 0.3) is 16.6 Å². The lowest BCUT2D eigenvalue weighted by Gasteiger charge is -2.36. The topological polar surface area (TPSA) is 75.9 Å². The van der Waals surface area contributed by atoms with E-state index < -0.39 is 12.2 Å². The summed E-state index contributed by atoms with van der Waals surface area (Å²) in [6.07, 6.45) is -2.72. The Morgan fingerprint density at radius 1 is 0.800 bits per heavy atom. The summed E-state index contributed by atoms with van der Waals surface area (Å²) >= 11 is 0. The molecule has 1 aliphatic heterocycles. The standard InChI is InChI=1S/C20H18F2N8/c21-17(22)18-23-16-9-5-4-8-15(16)19(24-18)28-10-12-29(13-11-28)20-25-26-27-30(20)14-6-2-1-3-7-14/h1-9,17H,10-13H2. The van der Waals surface area contributed by atoms with E-state index in [4.69, 9.17) is 0 Å². The number of tetrazole rings is 1. The Balaban J connectivity index is 1.41. The number of rotatable bonds is 4. The zero-order chi connectivity index (χ0) is 20.5. The average molecular weight is 408 g/mol. The molecule has 152 valence electrons. The molecule has 0 radical (unpaired) electrons. The van der Waals surface area contributed by atoms with Crippen LogP contribution >= 0.6 is 0 Å². The molecule has 0 atom stereocenters. The number of hydrogen-bond acceptors (Lipinski definition) is 7. The van der Waals surface area contributed by atoms with Gasteiger partial charge in [0.05, 0.1) is 11.2 Å². The summed E-state index contributed by atoms with van der Waals surface area (Å²) in [5, 5.41) is 12.9. The van der Waals surface area contributed by atoms with Gasteiger partial charge in [-0.15, -0.1) is 0 Å². The maximum atomic E-state index is 13.3. The van der Waals surface area contributed by atoms with Crippen molar-refractivity contribution in [1.29, 1.82) is 0 Å². The highest BCUT2D eigenvalue weighted by atomic mass is 19.3. The van der Waals surface area contributed by atoms with Crippen molar-refractivity contribution in [2.24, 2.45) is 0 Å². The van der Waals surface area contributed by atoms with Gasteiger partial charge in [0.2, 0.25) is 5.95 Å². The summed E-state index contributed by atoms with van der Waals surface area (Å²) in [5.41, 5.74) is 1.40. The van der Waals surface area contributed by atoms with Crippen molar-refractivity contribution in [2.45, 2.75) is 6.43 Å². The van der Waals surface area contributed by atoms with E-state index in [0.717, 1.165) is 11.1 Å². The Kier molecular flexibility index (Phi) is 4.66. The molecule has 0 amide bonds. The van der Waals surface area contributed by atoms with Crippen LogP contribution in [-0.2, 0) is 0 Å². The summed E-state index contributed by atoms with van der Waals surface area (Å²) in [4.78, 5) is 12.3. The molecule has 0 saturated carbocycles. The number of piperazine rings is 1. The molecule has 10 heteroatoms. The zero-order valence-corrected chi connectivity index (χ0v) is 15.9. The second-order valence-electron chi connectivity index (χ2n) is 6.92. The van der Waals surface area contributed by atoms with Crippen LogP contribution in [0, 0.1) is 0 Å². The fraction of sp³-hybridized carbons (Fsp3) is 0.250. The number of para-hydroxylation sites is 2. The number of benzene rings is 2. The van der Waals surface area contributed by atoms with Gasteiger partial charge < -0.3 is 9.80 Å². The van der Waals surface area contributed by atoms with Crippen molar-refractivity contribution in [3.05, 3.63) is 60.4 Å². The van der Waals surface area contributed by atoms with Gasteiger partial charge in [0, 0.05) is 31.6 Å². The molecular formula is C20H18F2N8. The molecule has 30 heavy (non-hydrogen) atoms. The highest BCUT2D eigenvalue weighted by Gasteiger charge is 2.25. The van der Waals surface area contributed by atoms with E-state index in [9.17, 15) is 8.78 Å². The number of aromatic nitrogens is 6. The summed E-state index contributed by atoms with van der Waals surface area (Å²) in [5.74, 6) is 0.749. The number of fused-ring (bicyclic) bond motifs is 1. The Morgan fingerprint density at radius 2 is 1.50 bits per heavy atom. The van der Waals surface area contributed by atoms with Crippen LogP contribution in [0.3, 0.4) is 0 Å². The fourth-order valence-electron chi connectivity index (χ4n) is 3.65. The van der Waals surface area contributed by atoms with Crippen molar-refractivity contribution in [2.75, 3.05) is 36.0 Å². The summed E-state index contributed by atoms with van der Waals surface area (Å²) < 4.78 is 28.3. The van der Waals surface area contributed by atoms with Gasteiger partial charge >= 0.3 is 0 Å². The van der Waals surface area contributed by atoms with Crippen molar-refractivity contribution < 1.29 is 8.78 Å². The van der Waals surface area contributed by atoms with Crippen LogP contribution in [0.2, 0.25) is 0 Å².